The molecule has 0 amide bonds. The Labute approximate surface area is 109 Å². The monoisotopic (exact) mass is 265 g/mol. The highest BCUT2D eigenvalue weighted by atomic mass is 19.2. The lowest BCUT2D eigenvalue weighted by Gasteiger charge is -2.15. The largest absolute Gasteiger partial charge is 0.320 e. The lowest BCUT2D eigenvalue weighted by Crippen LogP contribution is -2.15. The van der Waals surface area contributed by atoms with E-state index >= 15 is 0 Å². The number of benzene rings is 2. The highest BCUT2D eigenvalue weighted by Crippen LogP contribution is 2.26. The van der Waals surface area contributed by atoms with Gasteiger partial charge in [0.1, 0.15) is 5.82 Å². The molecule has 1 nitrogen and oxygen atoms in total. The summed E-state index contributed by atoms with van der Waals surface area (Å²) in [6.07, 6.45) is 0. The van der Waals surface area contributed by atoms with Crippen molar-refractivity contribution >= 4 is 0 Å². The van der Waals surface area contributed by atoms with Crippen molar-refractivity contribution in [3.8, 4) is 0 Å². The second-order valence-electron chi connectivity index (χ2n) is 4.59. The molecule has 1 unspecified atom stereocenters. The van der Waals surface area contributed by atoms with E-state index in [-0.39, 0.29) is 11.1 Å². The van der Waals surface area contributed by atoms with Crippen molar-refractivity contribution in [3.63, 3.8) is 0 Å². The van der Waals surface area contributed by atoms with Gasteiger partial charge in [-0.1, -0.05) is 24.3 Å². The lowest BCUT2D eigenvalue weighted by molar-refractivity contribution is 0.489. The van der Waals surface area contributed by atoms with Crippen LogP contribution in [0, 0.1) is 31.3 Å². The van der Waals surface area contributed by atoms with Crippen molar-refractivity contribution in [1.29, 1.82) is 0 Å². The van der Waals surface area contributed by atoms with E-state index in [2.05, 4.69) is 0 Å². The van der Waals surface area contributed by atoms with E-state index in [1.165, 1.54) is 25.1 Å². The SMILES string of the molecule is Cc1ccc(C(N)c2ccc(C)c(F)c2F)cc1F. The van der Waals surface area contributed by atoms with E-state index in [0.717, 1.165) is 0 Å². The number of halogens is 3. The van der Waals surface area contributed by atoms with Crippen LogP contribution in [0.3, 0.4) is 0 Å². The van der Waals surface area contributed by atoms with Crippen LogP contribution in [0.15, 0.2) is 30.3 Å². The van der Waals surface area contributed by atoms with Gasteiger partial charge in [-0.25, -0.2) is 13.2 Å². The topological polar surface area (TPSA) is 26.0 Å². The second-order valence-corrected chi connectivity index (χ2v) is 4.59. The standard InChI is InChI=1S/C15H14F3N/c1-8-3-5-10(7-12(8)16)15(19)11-6-4-9(2)13(17)14(11)18/h3-7,15H,19H2,1-2H3. The third-order valence-corrected chi connectivity index (χ3v) is 3.20. The summed E-state index contributed by atoms with van der Waals surface area (Å²) in [5.41, 5.74) is 7.00. The first kappa shape index (κ1) is 13.6. The van der Waals surface area contributed by atoms with E-state index in [1.807, 2.05) is 0 Å². The van der Waals surface area contributed by atoms with E-state index in [4.69, 9.17) is 5.73 Å². The van der Waals surface area contributed by atoms with Crippen molar-refractivity contribution in [1.82, 2.24) is 0 Å². The quantitative estimate of drug-likeness (QED) is 0.878. The molecule has 4 heteroatoms. The van der Waals surface area contributed by atoms with Gasteiger partial charge in [-0.15, -0.1) is 0 Å². The number of rotatable bonds is 2. The molecular formula is C15H14F3N. The first-order chi connectivity index (χ1) is 8.91. The maximum Gasteiger partial charge on any atom is 0.164 e. The van der Waals surface area contributed by atoms with Crippen molar-refractivity contribution in [2.24, 2.45) is 5.73 Å². The van der Waals surface area contributed by atoms with Crippen molar-refractivity contribution in [2.45, 2.75) is 19.9 Å². The van der Waals surface area contributed by atoms with Gasteiger partial charge in [0.2, 0.25) is 0 Å². The molecule has 0 aliphatic carbocycles. The van der Waals surface area contributed by atoms with E-state index < -0.39 is 23.5 Å². The summed E-state index contributed by atoms with van der Waals surface area (Å²) in [5, 5.41) is 0. The van der Waals surface area contributed by atoms with Crippen molar-refractivity contribution < 1.29 is 13.2 Å². The van der Waals surface area contributed by atoms with Crippen LogP contribution in [-0.2, 0) is 0 Å². The minimum atomic E-state index is -0.978. The molecule has 0 aromatic heterocycles. The van der Waals surface area contributed by atoms with Crippen molar-refractivity contribution in [2.75, 3.05) is 0 Å². The zero-order chi connectivity index (χ0) is 14.2. The minimum absolute atomic E-state index is 0.0198. The average molecular weight is 265 g/mol. The zero-order valence-corrected chi connectivity index (χ0v) is 10.7. The Bertz CT molecular complexity index is 623. The first-order valence-corrected chi connectivity index (χ1v) is 5.88. The van der Waals surface area contributed by atoms with Crippen molar-refractivity contribution in [3.05, 3.63) is 70.0 Å². The van der Waals surface area contributed by atoms with Gasteiger partial charge in [0.15, 0.2) is 11.6 Å². The number of nitrogens with two attached hydrogens (primary N) is 1. The fourth-order valence-electron chi connectivity index (χ4n) is 1.88. The van der Waals surface area contributed by atoms with Crippen LogP contribution in [-0.4, -0.2) is 0 Å². The molecule has 0 radical (unpaired) electrons. The smallest absolute Gasteiger partial charge is 0.164 e. The van der Waals surface area contributed by atoms with Crippen LogP contribution in [0.4, 0.5) is 13.2 Å². The molecule has 100 valence electrons. The summed E-state index contributed by atoms with van der Waals surface area (Å²) in [4.78, 5) is 0. The van der Waals surface area contributed by atoms with E-state index in [1.54, 1.807) is 19.1 Å². The zero-order valence-electron chi connectivity index (χ0n) is 10.7. The molecule has 2 N–H and O–H groups in total. The van der Waals surface area contributed by atoms with Gasteiger partial charge in [0.25, 0.3) is 0 Å². The maximum absolute atomic E-state index is 13.8. The first-order valence-electron chi connectivity index (χ1n) is 5.88. The van der Waals surface area contributed by atoms with Crippen LogP contribution in [0.1, 0.15) is 28.3 Å². The molecule has 0 spiro atoms. The summed E-state index contributed by atoms with van der Waals surface area (Å²) in [7, 11) is 0. The van der Waals surface area contributed by atoms with Crippen LogP contribution in [0.25, 0.3) is 0 Å². The van der Waals surface area contributed by atoms with Gasteiger partial charge in [0.05, 0.1) is 6.04 Å². The normalized spacial score (nSPS) is 12.5. The minimum Gasteiger partial charge on any atom is -0.320 e. The summed E-state index contributed by atoms with van der Waals surface area (Å²) >= 11 is 0. The molecule has 0 heterocycles. The van der Waals surface area contributed by atoms with E-state index in [0.29, 0.717) is 11.1 Å². The Morgan fingerprint density at radius 2 is 1.53 bits per heavy atom. The Morgan fingerprint density at radius 3 is 2.16 bits per heavy atom. The van der Waals surface area contributed by atoms with Crippen LogP contribution < -0.4 is 5.73 Å². The Hall–Kier alpha value is -1.81. The van der Waals surface area contributed by atoms with Gasteiger partial charge < -0.3 is 5.73 Å². The molecule has 2 aromatic carbocycles. The Kier molecular flexibility index (Phi) is 3.62. The summed E-state index contributed by atoms with van der Waals surface area (Å²) in [6.45, 7) is 3.09. The predicted octanol–water partition coefficient (Wildman–Crippen LogP) is 3.77. The molecule has 0 bridgehead atoms. The van der Waals surface area contributed by atoms with E-state index in [9.17, 15) is 13.2 Å². The molecule has 2 rings (SSSR count). The fourth-order valence-corrected chi connectivity index (χ4v) is 1.88. The van der Waals surface area contributed by atoms with Crippen LogP contribution >= 0.6 is 0 Å². The third-order valence-electron chi connectivity index (χ3n) is 3.20. The Morgan fingerprint density at radius 1 is 0.895 bits per heavy atom. The molecule has 19 heavy (non-hydrogen) atoms. The molecule has 0 aliphatic rings. The summed E-state index contributed by atoms with van der Waals surface area (Å²) in [5.74, 6) is -2.31. The van der Waals surface area contributed by atoms with Gasteiger partial charge in [0, 0.05) is 5.56 Å². The van der Waals surface area contributed by atoms with Gasteiger partial charge >= 0.3 is 0 Å². The molecule has 0 fully saturated rings. The molecule has 0 saturated carbocycles. The fraction of sp³-hybridized carbons (Fsp3) is 0.200. The molecular weight excluding hydrogens is 251 g/mol. The maximum atomic E-state index is 13.8. The number of hydrogen-bond acceptors (Lipinski definition) is 1. The van der Waals surface area contributed by atoms with Gasteiger partial charge in [-0.2, -0.15) is 0 Å². The molecule has 2 aromatic rings. The Balaban J connectivity index is 2.47. The lowest BCUT2D eigenvalue weighted by atomic mass is 9.97. The molecule has 0 saturated heterocycles. The third kappa shape index (κ3) is 2.49. The predicted molar refractivity (Wildman–Crippen MR) is 68.3 cm³/mol. The van der Waals surface area contributed by atoms with Gasteiger partial charge in [-0.3, -0.25) is 0 Å². The number of hydrogen-bond donors (Lipinski definition) is 1. The van der Waals surface area contributed by atoms with Crippen LogP contribution in [0.5, 0.6) is 0 Å². The van der Waals surface area contributed by atoms with Gasteiger partial charge in [-0.05, 0) is 36.6 Å². The highest BCUT2D eigenvalue weighted by Gasteiger charge is 2.18. The second kappa shape index (κ2) is 5.05. The number of aryl methyl sites for hydroxylation is 2. The summed E-state index contributed by atoms with van der Waals surface area (Å²) in [6, 6.07) is 6.41. The molecule has 1 atom stereocenters. The highest BCUT2D eigenvalue weighted by molar-refractivity contribution is 5.36. The average Bonchev–Trinajstić information content (AvgIpc) is 2.39. The molecule has 0 aliphatic heterocycles. The summed E-state index contributed by atoms with van der Waals surface area (Å²) < 4.78 is 40.8. The van der Waals surface area contributed by atoms with Crippen LogP contribution in [0.2, 0.25) is 0 Å².